The van der Waals surface area contributed by atoms with Crippen LogP contribution in [0.1, 0.15) is 24.6 Å². The van der Waals surface area contributed by atoms with Gasteiger partial charge in [0.15, 0.2) is 5.82 Å². The summed E-state index contributed by atoms with van der Waals surface area (Å²) in [5.74, 6) is 2.16. The molecule has 0 bridgehead atoms. The van der Waals surface area contributed by atoms with Crippen LogP contribution in [0.3, 0.4) is 0 Å². The Morgan fingerprint density at radius 3 is 2.83 bits per heavy atom. The van der Waals surface area contributed by atoms with Crippen molar-refractivity contribution in [2.45, 2.75) is 18.8 Å². The lowest BCUT2D eigenvalue weighted by atomic mass is 10.2. The largest absolute Gasteiger partial charge is 0.314 e. The van der Waals surface area contributed by atoms with E-state index >= 15 is 0 Å². The number of hydrogen-bond acceptors (Lipinski definition) is 4. The first kappa shape index (κ1) is 10.9. The lowest BCUT2D eigenvalue weighted by Crippen LogP contribution is -1.98. The number of rotatable bonds is 3. The van der Waals surface area contributed by atoms with Gasteiger partial charge in [-0.25, -0.2) is 0 Å². The minimum atomic E-state index is -0.401. The number of non-ortho nitro benzene ring substituents is 1. The summed E-state index contributed by atoms with van der Waals surface area (Å²) in [6.45, 7) is 0. The van der Waals surface area contributed by atoms with E-state index in [-0.39, 0.29) is 5.69 Å². The van der Waals surface area contributed by atoms with Crippen molar-refractivity contribution >= 4 is 5.69 Å². The Hall–Kier alpha value is -2.24. The highest BCUT2D eigenvalue weighted by Gasteiger charge is 2.29. The molecule has 1 saturated carbocycles. The van der Waals surface area contributed by atoms with E-state index < -0.39 is 4.92 Å². The molecule has 0 N–H and O–H groups in total. The second-order valence-corrected chi connectivity index (χ2v) is 4.52. The minimum Gasteiger partial charge on any atom is -0.314 e. The van der Waals surface area contributed by atoms with Crippen molar-refractivity contribution in [1.29, 1.82) is 0 Å². The molecular weight excluding hydrogens is 232 g/mol. The maximum atomic E-state index is 10.8. The van der Waals surface area contributed by atoms with E-state index in [9.17, 15) is 10.1 Å². The summed E-state index contributed by atoms with van der Waals surface area (Å²) in [6.07, 6.45) is 2.31. The SMILES string of the molecule is Cn1c(-c2cccc([N+](=O)[O-])c2)nnc1C1CC1. The quantitative estimate of drug-likeness (QED) is 0.613. The predicted octanol–water partition coefficient (Wildman–Crippen LogP) is 2.27. The number of aromatic nitrogens is 3. The number of nitro benzene ring substituents is 1. The molecule has 0 aliphatic heterocycles. The highest BCUT2D eigenvalue weighted by Crippen LogP contribution is 2.39. The lowest BCUT2D eigenvalue weighted by Gasteiger charge is -2.02. The first-order valence-corrected chi connectivity index (χ1v) is 5.81. The Morgan fingerprint density at radius 2 is 2.17 bits per heavy atom. The third-order valence-electron chi connectivity index (χ3n) is 3.17. The molecule has 2 aromatic rings. The first-order chi connectivity index (χ1) is 8.66. The van der Waals surface area contributed by atoms with Crippen molar-refractivity contribution < 1.29 is 4.92 Å². The van der Waals surface area contributed by atoms with Gasteiger partial charge in [-0.2, -0.15) is 0 Å². The fraction of sp³-hybridized carbons (Fsp3) is 0.333. The van der Waals surface area contributed by atoms with Gasteiger partial charge in [0.05, 0.1) is 4.92 Å². The van der Waals surface area contributed by atoms with Crippen LogP contribution in [0, 0.1) is 10.1 Å². The van der Waals surface area contributed by atoms with E-state index in [0.717, 1.165) is 24.2 Å². The summed E-state index contributed by atoms with van der Waals surface area (Å²) < 4.78 is 1.93. The Morgan fingerprint density at radius 1 is 1.39 bits per heavy atom. The number of benzene rings is 1. The van der Waals surface area contributed by atoms with E-state index in [1.54, 1.807) is 6.07 Å². The Balaban J connectivity index is 2.03. The van der Waals surface area contributed by atoms with Crippen LogP contribution < -0.4 is 0 Å². The maximum absolute atomic E-state index is 10.8. The monoisotopic (exact) mass is 244 g/mol. The van der Waals surface area contributed by atoms with Crippen molar-refractivity contribution in [2.24, 2.45) is 7.05 Å². The molecule has 0 atom stereocenters. The lowest BCUT2D eigenvalue weighted by molar-refractivity contribution is -0.384. The number of nitrogens with zero attached hydrogens (tertiary/aromatic N) is 4. The van der Waals surface area contributed by atoms with Gasteiger partial charge in [0.25, 0.3) is 5.69 Å². The predicted molar refractivity (Wildman–Crippen MR) is 65.1 cm³/mol. The van der Waals surface area contributed by atoms with Gasteiger partial charge >= 0.3 is 0 Å². The summed E-state index contributed by atoms with van der Waals surface area (Å²) in [4.78, 5) is 10.4. The minimum absolute atomic E-state index is 0.0727. The summed E-state index contributed by atoms with van der Waals surface area (Å²) in [5, 5.41) is 19.1. The van der Waals surface area contributed by atoms with Crippen molar-refractivity contribution in [3.8, 4) is 11.4 Å². The Kier molecular flexibility index (Phi) is 2.36. The first-order valence-electron chi connectivity index (χ1n) is 5.81. The zero-order valence-corrected chi connectivity index (χ0v) is 9.91. The molecule has 1 heterocycles. The van der Waals surface area contributed by atoms with Gasteiger partial charge in [-0.15, -0.1) is 10.2 Å². The van der Waals surface area contributed by atoms with Crippen LogP contribution in [0.15, 0.2) is 24.3 Å². The molecule has 92 valence electrons. The van der Waals surface area contributed by atoms with Crippen LogP contribution in [0.5, 0.6) is 0 Å². The Labute approximate surface area is 103 Å². The summed E-state index contributed by atoms with van der Waals surface area (Å²) in [7, 11) is 1.90. The standard InChI is InChI=1S/C12H12N4O2/c1-15-11(8-5-6-8)13-14-12(15)9-3-2-4-10(7-9)16(17)18/h2-4,7-8H,5-6H2,1H3. The smallest absolute Gasteiger partial charge is 0.270 e. The summed E-state index contributed by atoms with van der Waals surface area (Å²) in [5.41, 5.74) is 0.801. The van der Waals surface area contributed by atoms with E-state index in [0.29, 0.717) is 11.7 Å². The molecule has 0 saturated heterocycles. The van der Waals surface area contributed by atoms with E-state index in [1.807, 2.05) is 17.7 Å². The molecule has 0 amide bonds. The fourth-order valence-electron chi connectivity index (χ4n) is 2.05. The highest BCUT2D eigenvalue weighted by atomic mass is 16.6. The molecular formula is C12H12N4O2. The van der Waals surface area contributed by atoms with Gasteiger partial charge in [0.2, 0.25) is 0 Å². The third-order valence-corrected chi connectivity index (χ3v) is 3.17. The fourth-order valence-corrected chi connectivity index (χ4v) is 2.05. The van der Waals surface area contributed by atoms with Crippen molar-refractivity contribution in [1.82, 2.24) is 14.8 Å². The molecule has 6 nitrogen and oxygen atoms in total. The van der Waals surface area contributed by atoms with Gasteiger partial charge in [-0.3, -0.25) is 10.1 Å². The second kappa shape index (κ2) is 3.90. The molecule has 1 aliphatic rings. The van der Waals surface area contributed by atoms with Gasteiger partial charge in [-0.1, -0.05) is 12.1 Å². The summed E-state index contributed by atoms with van der Waals surface area (Å²) in [6, 6.07) is 6.48. The van der Waals surface area contributed by atoms with Crippen molar-refractivity contribution in [2.75, 3.05) is 0 Å². The highest BCUT2D eigenvalue weighted by molar-refractivity contribution is 5.59. The van der Waals surface area contributed by atoms with Crippen LogP contribution in [0.4, 0.5) is 5.69 Å². The molecule has 1 aromatic carbocycles. The zero-order chi connectivity index (χ0) is 12.7. The van der Waals surface area contributed by atoms with Gasteiger partial charge in [0.1, 0.15) is 5.82 Å². The molecule has 3 rings (SSSR count). The average molecular weight is 244 g/mol. The molecule has 1 fully saturated rings. The van der Waals surface area contributed by atoms with Crippen LogP contribution in [-0.2, 0) is 7.05 Å². The molecule has 0 radical (unpaired) electrons. The molecule has 18 heavy (non-hydrogen) atoms. The molecule has 6 heteroatoms. The van der Waals surface area contributed by atoms with Crippen LogP contribution >= 0.6 is 0 Å². The van der Waals surface area contributed by atoms with Gasteiger partial charge in [0, 0.05) is 30.7 Å². The van der Waals surface area contributed by atoms with Crippen LogP contribution in [0.25, 0.3) is 11.4 Å². The maximum Gasteiger partial charge on any atom is 0.270 e. The molecule has 0 unspecified atom stereocenters. The van der Waals surface area contributed by atoms with E-state index in [1.165, 1.54) is 12.1 Å². The van der Waals surface area contributed by atoms with E-state index in [4.69, 9.17) is 0 Å². The summed E-state index contributed by atoms with van der Waals surface area (Å²) >= 11 is 0. The number of hydrogen-bond donors (Lipinski definition) is 0. The van der Waals surface area contributed by atoms with Crippen LogP contribution in [0.2, 0.25) is 0 Å². The number of nitro groups is 1. The third kappa shape index (κ3) is 1.75. The van der Waals surface area contributed by atoms with Gasteiger partial charge < -0.3 is 4.57 Å². The normalized spacial score (nSPS) is 14.7. The Bertz CT molecular complexity index is 616. The van der Waals surface area contributed by atoms with Crippen molar-refractivity contribution in [3.05, 3.63) is 40.2 Å². The van der Waals surface area contributed by atoms with Crippen molar-refractivity contribution in [3.63, 3.8) is 0 Å². The molecule has 1 aliphatic carbocycles. The second-order valence-electron chi connectivity index (χ2n) is 4.52. The molecule has 0 spiro atoms. The van der Waals surface area contributed by atoms with E-state index in [2.05, 4.69) is 10.2 Å². The molecule has 1 aromatic heterocycles. The van der Waals surface area contributed by atoms with Crippen LogP contribution in [-0.4, -0.2) is 19.7 Å². The van der Waals surface area contributed by atoms with Gasteiger partial charge in [-0.05, 0) is 12.8 Å². The average Bonchev–Trinajstić information content (AvgIpc) is 3.13. The zero-order valence-electron chi connectivity index (χ0n) is 9.91. The topological polar surface area (TPSA) is 73.8 Å².